The van der Waals surface area contributed by atoms with Crippen LogP contribution in [0.3, 0.4) is 0 Å². The average Bonchev–Trinajstić information content (AvgIpc) is 2.41. The SMILES string of the molecule is CCCCCCC(CC(N)=O)c1ccc(C(F)(F)F)nc1. The molecule has 0 radical (unpaired) electrons. The summed E-state index contributed by atoms with van der Waals surface area (Å²) in [6.45, 7) is 2.10. The lowest BCUT2D eigenvalue weighted by Gasteiger charge is -2.16. The lowest BCUT2D eigenvalue weighted by atomic mass is 9.91. The van der Waals surface area contributed by atoms with E-state index in [1.54, 1.807) is 0 Å². The zero-order valence-corrected chi connectivity index (χ0v) is 12.1. The highest BCUT2D eigenvalue weighted by Gasteiger charge is 2.32. The number of halogens is 3. The van der Waals surface area contributed by atoms with Crippen molar-refractivity contribution in [3.8, 4) is 0 Å². The zero-order valence-electron chi connectivity index (χ0n) is 12.1. The summed E-state index contributed by atoms with van der Waals surface area (Å²) in [5.74, 6) is -0.607. The minimum atomic E-state index is -4.45. The van der Waals surface area contributed by atoms with Crippen LogP contribution in [0, 0.1) is 0 Å². The van der Waals surface area contributed by atoms with Gasteiger partial charge in [0.15, 0.2) is 0 Å². The van der Waals surface area contributed by atoms with Gasteiger partial charge in [0.25, 0.3) is 0 Å². The van der Waals surface area contributed by atoms with Crippen LogP contribution in [0.5, 0.6) is 0 Å². The third kappa shape index (κ3) is 6.14. The Morgan fingerprint density at radius 3 is 2.48 bits per heavy atom. The van der Waals surface area contributed by atoms with Crippen molar-refractivity contribution in [2.45, 2.75) is 57.5 Å². The van der Waals surface area contributed by atoms with Gasteiger partial charge in [0.1, 0.15) is 5.69 Å². The second-order valence-corrected chi connectivity index (χ2v) is 5.19. The van der Waals surface area contributed by atoms with Gasteiger partial charge in [0, 0.05) is 12.6 Å². The van der Waals surface area contributed by atoms with E-state index in [1.165, 1.54) is 12.3 Å². The van der Waals surface area contributed by atoms with Gasteiger partial charge in [-0.3, -0.25) is 9.78 Å². The van der Waals surface area contributed by atoms with Crippen LogP contribution in [0.1, 0.15) is 62.6 Å². The molecule has 0 saturated carbocycles. The van der Waals surface area contributed by atoms with Crippen molar-refractivity contribution in [2.75, 3.05) is 0 Å². The van der Waals surface area contributed by atoms with E-state index < -0.39 is 17.8 Å². The first-order chi connectivity index (χ1) is 9.84. The standard InChI is InChI=1S/C15H21F3N2O/c1-2-3-4-5-6-11(9-14(19)21)12-7-8-13(20-10-12)15(16,17)18/h7-8,10-11H,2-6,9H2,1H3,(H2,19,21). The van der Waals surface area contributed by atoms with Crippen LogP contribution in [-0.4, -0.2) is 10.9 Å². The maximum absolute atomic E-state index is 12.5. The molecule has 0 fully saturated rings. The van der Waals surface area contributed by atoms with E-state index in [2.05, 4.69) is 11.9 Å². The van der Waals surface area contributed by atoms with E-state index >= 15 is 0 Å². The van der Waals surface area contributed by atoms with Crippen molar-refractivity contribution in [1.82, 2.24) is 4.98 Å². The summed E-state index contributed by atoms with van der Waals surface area (Å²) in [7, 11) is 0. The first-order valence-electron chi connectivity index (χ1n) is 7.16. The largest absolute Gasteiger partial charge is 0.433 e. The summed E-state index contributed by atoms with van der Waals surface area (Å²) in [6.07, 6.45) is 1.80. The molecule has 1 aromatic rings. The highest BCUT2D eigenvalue weighted by molar-refractivity contribution is 5.74. The molecule has 1 heterocycles. The van der Waals surface area contributed by atoms with Crippen LogP contribution in [0.25, 0.3) is 0 Å². The quantitative estimate of drug-likeness (QED) is 0.737. The predicted molar refractivity (Wildman–Crippen MR) is 74.6 cm³/mol. The second kappa shape index (κ2) is 8.00. The molecule has 0 aromatic carbocycles. The van der Waals surface area contributed by atoms with Gasteiger partial charge in [-0.15, -0.1) is 0 Å². The minimum Gasteiger partial charge on any atom is -0.370 e. The van der Waals surface area contributed by atoms with Crippen LogP contribution in [0.15, 0.2) is 18.3 Å². The van der Waals surface area contributed by atoms with Gasteiger partial charge in [-0.05, 0) is 24.0 Å². The fourth-order valence-corrected chi connectivity index (χ4v) is 2.26. The Hall–Kier alpha value is -1.59. The van der Waals surface area contributed by atoms with E-state index in [0.29, 0.717) is 5.56 Å². The summed E-state index contributed by atoms with van der Waals surface area (Å²) in [5.41, 5.74) is 4.94. The molecule has 0 saturated heterocycles. The lowest BCUT2D eigenvalue weighted by Crippen LogP contribution is -2.16. The van der Waals surface area contributed by atoms with Gasteiger partial charge in [0.2, 0.25) is 5.91 Å². The molecule has 1 unspecified atom stereocenters. The number of nitrogens with two attached hydrogens (primary N) is 1. The molecule has 1 atom stereocenters. The molecule has 118 valence electrons. The number of primary amides is 1. The van der Waals surface area contributed by atoms with Gasteiger partial charge in [-0.25, -0.2) is 0 Å². The monoisotopic (exact) mass is 302 g/mol. The number of alkyl halides is 3. The second-order valence-electron chi connectivity index (χ2n) is 5.19. The summed E-state index contributed by atoms with van der Waals surface area (Å²) in [4.78, 5) is 14.6. The van der Waals surface area contributed by atoms with Crippen LogP contribution < -0.4 is 5.73 Å². The molecule has 0 aliphatic rings. The lowest BCUT2D eigenvalue weighted by molar-refractivity contribution is -0.141. The molecule has 0 spiro atoms. The summed E-state index contributed by atoms with van der Waals surface area (Å²) in [6, 6.07) is 2.35. The molecule has 0 aliphatic carbocycles. The van der Waals surface area contributed by atoms with Crippen molar-refractivity contribution in [1.29, 1.82) is 0 Å². The van der Waals surface area contributed by atoms with Crippen molar-refractivity contribution < 1.29 is 18.0 Å². The van der Waals surface area contributed by atoms with Crippen molar-refractivity contribution in [3.05, 3.63) is 29.6 Å². The average molecular weight is 302 g/mol. The summed E-state index contributed by atoms with van der Waals surface area (Å²) in [5, 5.41) is 0. The molecule has 1 amide bonds. The van der Waals surface area contributed by atoms with E-state index in [1.807, 2.05) is 0 Å². The Bertz CT molecular complexity index is 443. The van der Waals surface area contributed by atoms with Crippen LogP contribution in [-0.2, 0) is 11.0 Å². The molecular formula is C15H21F3N2O. The number of hydrogen-bond acceptors (Lipinski definition) is 2. The smallest absolute Gasteiger partial charge is 0.370 e. The first-order valence-corrected chi connectivity index (χ1v) is 7.16. The predicted octanol–water partition coefficient (Wildman–Crippen LogP) is 4.03. The molecule has 1 aromatic heterocycles. The fourth-order valence-electron chi connectivity index (χ4n) is 2.26. The third-order valence-electron chi connectivity index (χ3n) is 3.40. The number of pyridine rings is 1. The van der Waals surface area contributed by atoms with Crippen molar-refractivity contribution >= 4 is 5.91 Å². The Morgan fingerprint density at radius 1 is 1.29 bits per heavy atom. The van der Waals surface area contributed by atoms with Gasteiger partial charge < -0.3 is 5.73 Å². The van der Waals surface area contributed by atoms with Crippen LogP contribution in [0.4, 0.5) is 13.2 Å². The van der Waals surface area contributed by atoms with Gasteiger partial charge in [-0.1, -0.05) is 38.7 Å². The highest BCUT2D eigenvalue weighted by Crippen LogP contribution is 2.30. The topological polar surface area (TPSA) is 56.0 Å². The molecular weight excluding hydrogens is 281 g/mol. The Kier molecular flexibility index (Phi) is 6.65. The van der Waals surface area contributed by atoms with Crippen LogP contribution in [0.2, 0.25) is 0 Å². The number of amides is 1. The number of nitrogens with zero attached hydrogens (tertiary/aromatic N) is 1. The Labute approximate surface area is 122 Å². The maximum atomic E-state index is 12.5. The van der Waals surface area contributed by atoms with Crippen molar-refractivity contribution in [2.24, 2.45) is 5.73 Å². The number of unbranched alkanes of at least 4 members (excludes halogenated alkanes) is 3. The fraction of sp³-hybridized carbons (Fsp3) is 0.600. The van der Waals surface area contributed by atoms with Gasteiger partial charge >= 0.3 is 6.18 Å². The summed E-state index contributed by atoms with van der Waals surface area (Å²) < 4.78 is 37.4. The Balaban J connectivity index is 2.75. The number of hydrogen-bond donors (Lipinski definition) is 1. The number of carbonyl (C=O) groups is 1. The molecule has 0 bridgehead atoms. The molecule has 0 aliphatic heterocycles. The van der Waals surface area contributed by atoms with Gasteiger partial charge in [-0.2, -0.15) is 13.2 Å². The van der Waals surface area contributed by atoms with Crippen LogP contribution >= 0.6 is 0 Å². The highest BCUT2D eigenvalue weighted by atomic mass is 19.4. The van der Waals surface area contributed by atoms with E-state index in [4.69, 9.17) is 5.73 Å². The number of carbonyl (C=O) groups excluding carboxylic acids is 1. The zero-order chi connectivity index (χ0) is 15.9. The third-order valence-corrected chi connectivity index (χ3v) is 3.40. The molecule has 2 N–H and O–H groups in total. The molecule has 6 heteroatoms. The number of aromatic nitrogens is 1. The van der Waals surface area contributed by atoms with E-state index in [9.17, 15) is 18.0 Å². The molecule has 1 rings (SSSR count). The normalized spacial score (nSPS) is 13.1. The molecule has 3 nitrogen and oxygen atoms in total. The van der Waals surface area contributed by atoms with Crippen molar-refractivity contribution in [3.63, 3.8) is 0 Å². The first kappa shape index (κ1) is 17.5. The molecule has 21 heavy (non-hydrogen) atoms. The van der Waals surface area contributed by atoms with E-state index in [-0.39, 0.29) is 12.3 Å². The minimum absolute atomic E-state index is 0.138. The van der Waals surface area contributed by atoms with E-state index in [0.717, 1.165) is 38.2 Å². The maximum Gasteiger partial charge on any atom is 0.433 e. The Morgan fingerprint density at radius 2 is 2.00 bits per heavy atom. The summed E-state index contributed by atoms with van der Waals surface area (Å²) >= 11 is 0. The van der Waals surface area contributed by atoms with Gasteiger partial charge in [0.05, 0.1) is 0 Å². The number of rotatable bonds is 8.